The summed E-state index contributed by atoms with van der Waals surface area (Å²) in [6, 6.07) is 8.61. The molecule has 6 heteroatoms. The van der Waals surface area contributed by atoms with Crippen LogP contribution in [0.15, 0.2) is 35.6 Å². The number of hydrogen-bond acceptors (Lipinski definition) is 5. The van der Waals surface area contributed by atoms with Crippen molar-refractivity contribution in [3.8, 4) is 0 Å². The molecule has 4 nitrogen and oxygen atoms in total. The minimum absolute atomic E-state index is 0.0883. The molecule has 0 spiro atoms. The molecular formula is C22H23N3OS2. The molecule has 0 fully saturated rings. The summed E-state index contributed by atoms with van der Waals surface area (Å²) in [5, 5.41) is 5.24. The number of thiophene rings is 1. The monoisotopic (exact) mass is 409 g/mol. The van der Waals surface area contributed by atoms with E-state index in [9.17, 15) is 4.79 Å². The van der Waals surface area contributed by atoms with E-state index in [1.54, 1.807) is 29.4 Å². The molecule has 1 N–H and O–H groups in total. The summed E-state index contributed by atoms with van der Waals surface area (Å²) in [6.45, 7) is 1.98. The average Bonchev–Trinajstić information content (AvgIpc) is 3.29. The van der Waals surface area contributed by atoms with Gasteiger partial charge in [0.05, 0.1) is 11.3 Å². The number of carbonyl (C=O) groups excluding carboxylic acids is 1. The zero-order chi connectivity index (χ0) is 19.1. The van der Waals surface area contributed by atoms with Gasteiger partial charge in [-0.15, -0.1) is 11.3 Å². The predicted molar refractivity (Wildman–Crippen MR) is 115 cm³/mol. The highest BCUT2D eigenvalue weighted by Crippen LogP contribution is 2.41. The number of amides is 1. The van der Waals surface area contributed by atoms with Gasteiger partial charge >= 0.3 is 0 Å². The third-order valence-corrected chi connectivity index (χ3v) is 8.11. The van der Waals surface area contributed by atoms with Gasteiger partial charge in [0.1, 0.15) is 16.2 Å². The molecule has 0 aliphatic heterocycles. The van der Waals surface area contributed by atoms with Crippen molar-refractivity contribution < 1.29 is 4.79 Å². The number of nitrogens with one attached hydrogen (secondary N) is 1. The molecule has 0 radical (unpaired) electrons. The molecule has 2 aromatic heterocycles. The van der Waals surface area contributed by atoms with Gasteiger partial charge in [0.2, 0.25) is 5.91 Å². The molecule has 28 heavy (non-hydrogen) atoms. The lowest BCUT2D eigenvalue weighted by Gasteiger charge is -2.27. The van der Waals surface area contributed by atoms with E-state index < -0.39 is 0 Å². The first-order chi connectivity index (χ1) is 13.7. The minimum Gasteiger partial charge on any atom is -0.348 e. The van der Waals surface area contributed by atoms with Crippen LogP contribution in [0, 0.1) is 0 Å². The van der Waals surface area contributed by atoms with E-state index in [0.717, 1.165) is 42.0 Å². The molecule has 2 aliphatic carbocycles. The second kappa shape index (κ2) is 7.48. The van der Waals surface area contributed by atoms with E-state index in [4.69, 9.17) is 0 Å². The number of nitrogens with zero attached hydrogens (tertiary/aromatic N) is 2. The fraction of sp³-hybridized carbons (Fsp3) is 0.409. The van der Waals surface area contributed by atoms with Gasteiger partial charge in [-0.1, -0.05) is 36.0 Å². The number of aryl methyl sites for hydroxylation is 3. The first-order valence-corrected chi connectivity index (χ1v) is 11.7. The fourth-order valence-electron chi connectivity index (χ4n) is 4.40. The lowest BCUT2D eigenvalue weighted by Crippen LogP contribution is -2.35. The molecule has 0 saturated carbocycles. The highest BCUT2D eigenvalue weighted by Gasteiger charge is 2.26. The van der Waals surface area contributed by atoms with Crippen LogP contribution in [0.4, 0.5) is 0 Å². The molecule has 0 unspecified atom stereocenters. The Morgan fingerprint density at radius 1 is 1.21 bits per heavy atom. The number of thioether (sulfide) groups is 1. The minimum atomic E-state index is -0.191. The Balaban J connectivity index is 1.35. The van der Waals surface area contributed by atoms with Gasteiger partial charge in [0.15, 0.2) is 0 Å². The van der Waals surface area contributed by atoms with Crippen LogP contribution in [0.25, 0.3) is 10.2 Å². The van der Waals surface area contributed by atoms with E-state index in [-0.39, 0.29) is 17.2 Å². The van der Waals surface area contributed by atoms with E-state index in [1.165, 1.54) is 33.4 Å². The van der Waals surface area contributed by atoms with Gasteiger partial charge in [0, 0.05) is 10.3 Å². The van der Waals surface area contributed by atoms with Crippen LogP contribution in [-0.4, -0.2) is 21.1 Å². The highest BCUT2D eigenvalue weighted by molar-refractivity contribution is 8.00. The summed E-state index contributed by atoms with van der Waals surface area (Å²) >= 11 is 3.36. The van der Waals surface area contributed by atoms with Crippen molar-refractivity contribution in [3.05, 3.63) is 52.2 Å². The molecule has 3 aromatic rings. The molecule has 2 aliphatic rings. The molecule has 144 valence electrons. The standard InChI is InChI=1S/C22H23N3OS2/c1-13(20(26)25-17-10-4-7-14-6-2-3-8-15(14)17)27-21-19-16-9-5-11-18(16)28-22(19)24-12-23-21/h2-3,6,8,12-13,17H,4-5,7,9-11H2,1H3,(H,25,26)/t13-,17+/m0/s1. The van der Waals surface area contributed by atoms with Gasteiger partial charge in [-0.25, -0.2) is 9.97 Å². The summed E-state index contributed by atoms with van der Waals surface area (Å²) in [4.78, 5) is 24.5. The Labute approximate surface area is 173 Å². The summed E-state index contributed by atoms with van der Waals surface area (Å²) in [5.74, 6) is 0.0883. The van der Waals surface area contributed by atoms with Crippen LogP contribution < -0.4 is 5.32 Å². The Morgan fingerprint density at radius 2 is 2.11 bits per heavy atom. The number of aromatic nitrogens is 2. The quantitative estimate of drug-likeness (QED) is 0.494. The van der Waals surface area contributed by atoms with Gasteiger partial charge in [-0.2, -0.15) is 0 Å². The highest BCUT2D eigenvalue weighted by atomic mass is 32.2. The SMILES string of the molecule is C[C@H](Sc1ncnc2sc3c(c12)CCC3)C(=O)N[C@@H]1CCCc2ccccc21. The average molecular weight is 410 g/mol. The normalized spacial score (nSPS) is 19.2. The zero-order valence-electron chi connectivity index (χ0n) is 15.9. The maximum Gasteiger partial charge on any atom is 0.233 e. The topological polar surface area (TPSA) is 54.9 Å². The summed E-state index contributed by atoms with van der Waals surface area (Å²) in [5.41, 5.74) is 4.06. The molecule has 1 aromatic carbocycles. The van der Waals surface area contributed by atoms with E-state index in [0.29, 0.717) is 0 Å². The lowest BCUT2D eigenvalue weighted by atomic mass is 9.88. The molecule has 2 atom stereocenters. The van der Waals surface area contributed by atoms with Gasteiger partial charge in [-0.05, 0) is 62.1 Å². The van der Waals surface area contributed by atoms with Crippen molar-refractivity contribution in [2.75, 3.05) is 0 Å². The number of carbonyl (C=O) groups is 1. The van der Waals surface area contributed by atoms with Crippen molar-refractivity contribution in [1.29, 1.82) is 0 Å². The molecule has 0 saturated heterocycles. The fourth-order valence-corrected chi connectivity index (χ4v) is 6.65. The number of benzene rings is 1. The lowest BCUT2D eigenvalue weighted by molar-refractivity contribution is -0.121. The van der Waals surface area contributed by atoms with Gasteiger partial charge in [0.25, 0.3) is 0 Å². The molecule has 2 heterocycles. The first-order valence-electron chi connectivity index (χ1n) is 10.0. The zero-order valence-corrected chi connectivity index (χ0v) is 17.5. The summed E-state index contributed by atoms with van der Waals surface area (Å²) in [6.07, 6.45) is 8.35. The number of rotatable bonds is 4. The van der Waals surface area contributed by atoms with Crippen LogP contribution >= 0.6 is 23.1 Å². The van der Waals surface area contributed by atoms with Gasteiger partial charge in [-0.3, -0.25) is 4.79 Å². The van der Waals surface area contributed by atoms with Crippen molar-refractivity contribution in [2.45, 2.75) is 61.8 Å². The maximum absolute atomic E-state index is 13.0. The van der Waals surface area contributed by atoms with Crippen LogP contribution in [0.3, 0.4) is 0 Å². The maximum atomic E-state index is 13.0. The molecule has 5 rings (SSSR count). The largest absolute Gasteiger partial charge is 0.348 e. The van der Waals surface area contributed by atoms with E-state index >= 15 is 0 Å². The van der Waals surface area contributed by atoms with Crippen LogP contribution in [0.1, 0.15) is 53.8 Å². The Morgan fingerprint density at radius 3 is 3.04 bits per heavy atom. The molecular weight excluding hydrogens is 386 g/mol. The predicted octanol–water partition coefficient (Wildman–Crippen LogP) is 4.85. The van der Waals surface area contributed by atoms with E-state index in [2.05, 4.69) is 39.6 Å². The van der Waals surface area contributed by atoms with Crippen molar-refractivity contribution in [3.63, 3.8) is 0 Å². The second-order valence-corrected chi connectivity index (χ2v) is 10.0. The van der Waals surface area contributed by atoms with Crippen molar-refractivity contribution in [1.82, 2.24) is 15.3 Å². The third kappa shape index (κ3) is 3.22. The van der Waals surface area contributed by atoms with Crippen LogP contribution in [-0.2, 0) is 24.1 Å². The summed E-state index contributed by atoms with van der Waals surface area (Å²) < 4.78 is 0. The van der Waals surface area contributed by atoms with Crippen LogP contribution in [0.5, 0.6) is 0 Å². The van der Waals surface area contributed by atoms with Crippen LogP contribution in [0.2, 0.25) is 0 Å². The Kier molecular flexibility index (Phi) is 4.85. The second-order valence-electron chi connectivity index (χ2n) is 7.63. The Bertz CT molecular complexity index is 1050. The van der Waals surface area contributed by atoms with Gasteiger partial charge < -0.3 is 5.32 Å². The molecule has 0 bridgehead atoms. The Hall–Kier alpha value is -1.92. The first kappa shape index (κ1) is 18.1. The smallest absolute Gasteiger partial charge is 0.233 e. The number of fused-ring (bicyclic) bond motifs is 4. The van der Waals surface area contributed by atoms with Crippen molar-refractivity contribution in [2.24, 2.45) is 0 Å². The summed E-state index contributed by atoms with van der Waals surface area (Å²) in [7, 11) is 0. The third-order valence-electron chi connectivity index (χ3n) is 5.81. The van der Waals surface area contributed by atoms with E-state index in [1.807, 2.05) is 6.92 Å². The van der Waals surface area contributed by atoms with Crippen molar-refractivity contribution >= 4 is 39.2 Å². The molecule has 1 amide bonds. The number of hydrogen-bond donors (Lipinski definition) is 1.